The van der Waals surface area contributed by atoms with E-state index in [2.05, 4.69) is 15.5 Å². The maximum absolute atomic E-state index is 12.8. The summed E-state index contributed by atoms with van der Waals surface area (Å²) >= 11 is 0. The van der Waals surface area contributed by atoms with Crippen LogP contribution in [0.1, 0.15) is 15.9 Å². The molecule has 4 rings (SSSR count). The van der Waals surface area contributed by atoms with Crippen molar-refractivity contribution in [3.8, 4) is 17.2 Å². The van der Waals surface area contributed by atoms with Crippen LogP contribution in [0.5, 0.6) is 11.5 Å². The van der Waals surface area contributed by atoms with Crippen molar-refractivity contribution < 1.29 is 14.3 Å². The summed E-state index contributed by atoms with van der Waals surface area (Å²) in [5.74, 6) is 0.404. The highest BCUT2D eigenvalue weighted by Crippen LogP contribution is 2.22. The summed E-state index contributed by atoms with van der Waals surface area (Å²) < 4.78 is 13.0. The van der Waals surface area contributed by atoms with E-state index in [0.717, 1.165) is 15.9 Å². The highest BCUT2D eigenvalue weighted by Gasteiger charge is 2.15. The highest BCUT2D eigenvalue weighted by molar-refractivity contribution is 6.00. The van der Waals surface area contributed by atoms with Gasteiger partial charge in [-0.2, -0.15) is 5.10 Å². The number of hydrogen-bond acceptors (Lipinski definition) is 6. The van der Waals surface area contributed by atoms with Gasteiger partial charge < -0.3 is 9.47 Å². The normalized spacial score (nSPS) is 10.8. The van der Waals surface area contributed by atoms with Crippen LogP contribution in [0.15, 0.2) is 59.8 Å². The number of aryl methyl sites for hydroxylation is 1. The Bertz CT molecular complexity index is 1270. The van der Waals surface area contributed by atoms with Crippen molar-refractivity contribution in [2.75, 3.05) is 19.6 Å². The van der Waals surface area contributed by atoms with Gasteiger partial charge in [0.2, 0.25) is 0 Å². The SMILES string of the molecule is COc1cc(OC)cc(C(=O)Nn2cnc3c(cnn3-c3ccc(C)cc3)c2=O)c1. The predicted molar refractivity (Wildman–Crippen MR) is 111 cm³/mol. The first kappa shape index (κ1) is 19.2. The molecule has 0 saturated carbocycles. The summed E-state index contributed by atoms with van der Waals surface area (Å²) in [4.78, 5) is 29.8. The minimum Gasteiger partial charge on any atom is -0.497 e. The van der Waals surface area contributed by atoms with Gasteiger partial charge in [-0.05, 0) is 31.2 Å². The van der Waals surface area contributed by atoms with Crippen LogP contribution in [-0.4, -0.2) is 39.6 Å². The fourth-order valence-corrected chi connectivity index (χ4v) is 2.98. The van der Waals surface area contributed by atoms with Crippen molar-refractivity contribution in [2.24, 2.45) is 0 Å². The van der Waals surface area contributed by atoms with Gasteiger partial charge in [0.15, 0.2) is 5.65 Å². The lowest BCUT2D eigenvalue weighted by Crippen LogP contribution is -2.33. The van der Waals surface area contributed by atoms with E-state index in [9.17, 15) is 9.59 Å². The molecule has 0 spiro atoms. The maximum atomic E-state index is 12.8. The first-order valence-electron chi connectivity index (χ1n) is 9.07. The van der Waals surface area contributed by atoms with E-state index >= 15 is 0 Å². The summed E-state index contributed by atoms with van der Waals surface area (Å²) in [6.07, 6.45) is 2.69. The van der Waals surface area contributed by atoms with Crippen molar-refractivity contribution in [2.45, 2.75) is 6.92 Å². The van der Waals surface area contributed by atoms with E-state index in [0.29, 0.717) is 17.1 Å². The van der Waals surface area contributed by atoms with Gasteiger partial charge in [-0.3, -0.25) is 15.0 Å². The molecule has 152 valence electrons. The Hall–Kier alpha value is -4.14. The Morgan fingerprint density at radius 1 is 1.03 bits per heavy atom. The van der Waals surface area contributed by atoms with Crippen molar-refractivity contribution in [1.29, 1.82) is 0 Å². The maximum Gasteiger partial charge on any atom is 0.283 e. The molecule has 30 heavy (non-hydrogen) atoms. The van der Waals surface area contributed by atoms with Crippen LogP contribution in [0.3, 0.4) is 0 Å². The molecule has 0 atom stereocenters. The minimum absolute atomic E-state index is 0.272. The number of methoxy groups -OCH3 is 2. The second kappa shape index (κ2) is 7.70. The van der Waals surface area contributed by atoms with Gasteiger partial charge >= 0.3 is 0 Å². The van der Waals surface area contributed by atoms with Crippen LogP contribution in [0.2, 0.25) is 0 Å². The summed E-state index contributed by atoms with van der Waals surface area (Å²) in [7, 11) is 2.98. The summed E-state index contributed by atoms with van der Waals surface area (Å²) in [6, 6.07) is 12.4. The molecule has 0 aliphatic heterocycles. The molecule has 0 unspecified atom stereocenters. The molecule has 1 amide bonds. The number of amides is 1. The zero-order valence-corrected chi connectivity index (χ0v) is 16.6. The van der Waals surface area contributed by atoms with Crippen LogP contribution in [-0.2, 0) is 0 Å². The number of hydrogen-bond donors (Lipinski definition) is 1. The summed E-state index contributed by atoms with van der Waals surface area (Å²) in [5.41, 5.74) is 4.66. The van der Waals surface area contributed by atoms with Gasteiger partial charge in [0.1, 0.15) is 23.2 Å². The first-order chi connectivity index (χ1) is 14.5. The zero-order chi connectivity index (χ0) is 21.3. The topological polar surface area (TPSA) is 100 Å². The second-order valence-corrected chi connectivity index (χ2v) is 6.59. The molecule has 0 saturated heterocycles. The molecule has 2 aromatic carbocycles. The molecule has 0 bridgehead atoms. The largest absolute Gasteiger partial charge is 0.497 e. The minimum atomic E-state index is -0.513. The third-order valence-corrected chi connectivity index (χ3v) is 4.60. The van der Waals surface area contributed by atoms with E-state index in [1.807, 2.05) is 31.2 Å². The fraction of sp³-hybridized carbons (Fsp3) is 0.143. The van der Waals surface area contributed by atoms with Crippen molar-refractivity contribution >= 4 is 16.9 Å². The summed E-state index contributed by atoms with van der Waals surface area (Å²) in [6.45, 7) is 1.99. The van der Waals surface area contributed by atoms with Crippen molar-refractivity contribution in [3.63, 3.8) is 0 Å². The zero-order valence-electron chi connectivity index (χ0n) is 16.6. The van der Waals surface area contributed by atoms with Gasteiger partial charge in [-0.15, -0.1) is 0 Å². The van der Waals surface area contributed by atoms with Crippen LogP contribution in [0.25, 0.3) is 16.7 Å². The Labute approximate surface area is 171 Å². The average molecular weight is 405 g/mol. The molecule has 9 nitrogen and oxygen atoms in total. The van der Waals surface area contributed by atoms with Crippen LogP contribution >= 0.6 is 0 Å². The lowest BCUT2D eigenvalue weighted by atomic mass is 10.2. The molecule has 4 aromatic rings. The molecule has 0 aliphatic carbocycles. The number of nitrogens with zero attached hydrogens (tertiary/aromatic N) is 4. The molecule has 2 aromatic heterocycles. The van der Waals surface area contributed by atoms with E-state index in [4.69, 9.17) is 9.47 Å². The van der Waals surface area contributed by atoms with E-state index < -0.39 is 11.5 Å². The van der Waals surface area contributed by atoms with Gasteiger partial charge in [-0.25, -0.2) is 14.3 Å². The predicted octanol–water partition coefficient (Wildman–Crippen LogP) is 2.29. The monoisotopic (exact) mass is 405 g/mol. The smallest absolute Gasteiger partial charge is 0.283 e. The van der Waals surface area contributed by atoms with Crippen LogP contribution in [0, 0.1) is 6.92 Å². The standard InChI is InChI=1S/C21H19N5O4/c1-13-4-6-15(7-5-13)26-19-18(11-23-26)21(28)25(12-22-19)24-20(27)14-8-16(29-2)10-17(9-14)30-3/h4-12H,1-3H3,(H,24,27). The number of carbonyl (C=O) groups is 1. The molecule has 2 heterocycles. The molecule has 9 heteroatoms. The third-order valence-electron chi connectivity index (χ3n) is 4.60. The third kappa shape index (κ3) is 3.48. The van der Waals surface area contributed by atoms with Crippen molar-refractivity contribution in [1.82, 2.24) is 19.4 Å². The Morgan fingerprint density at radius 3 is 2.33 bits per heavy atom. The van der Waals surface area contributed by atoms with Gasteiger partial charge in [0.05, 0.1) is 26.1 Å². The molecular weight excluding hydrogens is 386 g/mol. The quantitative estimate of drug-likeness (QED) is 0.547. The van der Waals surface area contributed by atoms with Crippen LogP contribution < -0.4 is 20.5 Å². The number of carbonyl (C=O) groups excluding carboxylic acids is 1. The lowest BCUT2D eigenvalue weighted by molar-refractivity contribution is 0.101. The first-order valence-corrected chi connectivity index (χ1v) is 9.07. The lowest BCUT2D eigenvalue weighted by Gasteiger charge is -2.10. The highest BCUT2D eigenvalue weighted by atomic mass is 16.5. The number of benzene rings is 2. The molecular formula is C21H19N5O4. The van der Waals surface area contributed by atoms with Gasteiger partial charge in [-0.1, -0.05) is 17.7 Å². The molecule has 0 fully saturated rings. The fourth-order valence-electron chi connectivity index (χ4n) is 2.98. The molecule has 0 aliphatic rings. The number of aromatic nitrogens is 4. The number of nitrogens with one attached hydrogen (secondary N) is 1. The Morgan fingerprint density at radius 2 is 1.70 bits per heavy atom. The average Bonchev–Trinajstić information content (AvgIpc) is 3.20. The second-order valence-electron chi connectivity index (χ2n) is 6.59. The van der Waals surface area contributed by atoms with Gasteiger partial charge in [0.25, 0.3) is 11.5 Å². The number of ether oxygens (including phenoxy) is 2. The Balaban J connectivity index is 1.67. The van der Waals surface area contributed by atoms with E-state index in [-0.39, 0.29) is 10.9 Å². The molecule has 1 N–H and O–H groups in total. The van der Waals surface area contributed by atoms with Crippen LogP contribution in [0.4, 0.5) is 0 Å². The molecule has 0 radical (unpaired) electrons. The summed E-state index contributed by atoms with van der Waals surface area (Å²) in [5, 5.41) is 4.55. The number of fused-ring (bicyclic) bond motifs is 1. The number of rotatable bonds is 5. The van der Waals surface area contributed by atoms with E-state index in [1.165, 1.54) is 26.7 Å². The van der Waals surface area contributed by atoms with Gasteiger partial charge in [0, 0.05) is 11.6 Å². The van der Waals surface area contributed by atoms with E-state index in [1.54, 1.807) is 22.9 Å². The Kier molecular flexibility index (Phi) is 4.93. The van der Waals surface area contributed by atoms with Crippen molar-refractivity contribution in [3.05, 3.63) is 76.5 Å².